The largest absolute Gasteiger partial charge is 0.457 e. The first kappa shape index (κ1) is 16.9. The van der Waals surface area contributed by atoms with E-state index < -0.39 is 0 Å². The van der Waals surface area contributed by atoms with Gasteiger partial charge in [-0.05, 0) is 30.5 Å². The molecule has 0 aliphatic heterocycles. The number of furan rings is 1. The van der Waals surface area contributed by atoms with Crippen molar-refractivity contribution in [2.24, 2.45) is 4.99 Å². The van der Waals surface area contributed by atoms with Crippen molar-refractivity contribution in [2.75, 3.05) is 25.6 Å². The lowest BCUT2D eigenvalue weighted by Gasteiger charge is -2.09. The molecule has 0 saturated carbocycles. The fourth-order valence-electron chi connectivity index (χ4n) is 2.23. The van der Waals surface area contributed by atoms with Crippen molar-refractivity contribution in [3.8, 4) is 10.8 Å². The maximum absolute atomic E-state index is 5.92. The number of fused-ring (bicyclic) bond motifs is 1. The summed E-state index contributed by atoms with van der Waals surface area (Å²) in [5.74, 6) is 3.49. The summed E-state index contributed by atoms with van der Waals surface area (Å²) in [6, 6.07) is 12.1. The highest BCUT2D eigenvalue weighted by Gasteiger charge is 2.10. The Hall–Kier alpha value is -1.99. The Bertz CT molecular complexity index is 792. The van der Waals surface area contributed by atoms with Gasteiger partial charge in [0, 0.05) is 19.3 Å². The Balaban J connectivity index is 1.63. The van der Waals surface area contributed by atoms with Gasteiger partial charge in [0.05, 0.1) is 16.8 Å². The van der Waals surface area contributed by atoms with Crippen molar-refractivity contribution >= 4 is 39.3 Å². The SMILES string of the molecule is CN=C(NCCSC)NCc1ccc(-c2nc3ccccc3s2)o1. The molecule has 2 heterocycles. The van der Waals surface area contributed by atoms with Gasteiger partial charge >= 0.3 is 0 Å². The van der Waals surface area contributed by atoms with Gasteiger partial charge in [-0.25, -0.2) is 4.98 Å². The smallest absolute Gasteiger partial charge is 0.191 e. The molecule has 7 heteroatoms. The minimum atomic E-state index is 0.587. The number of hydrogen-bond acceptors (Lipinski definition) is 5. The number of benzene rings is 1. The molecule has 0 amide bonds. The number of guanidine groups is 1. The van der Waals surface area contributed by atoms with Crippen LogP contribution in [0.5, 0.6) is 0 Å². The van der Waals surface area contributed by atoms with Gasteiger partial charge in [-0.15, -0.1) is 11.3 Å². The number of hydrogen-bond donors (Lipinski definition) is 2. The Kier molecular flexibility index (Phi) is 5.77. The molecule has 2 aromatic heterocycles. The zero-order chi connectivity index (χ0) is 16.8. The number of aromatic nitrogens is 1. The van der Waals surface area contributed by atoms with Gasteiger partial charge in [0.25, 0.3) is 0 Å². The van der Waals surface area contributed by atoms with E-state index in [1.807, 2.05) is 30.3 Å². The zero-order valence-electron chi connectivity index (χ0n) is 13.7. The number of para-hydroxylation sites is 1. The van der Waals surface area contributed by atoms with E-state index in [-0.39, 0.29) is 0 Å². The molecule has 0 spiro atoms. The van der Waals surface area contributed by atoms with Crippen LogP contribution in [-0.2, 0) is 6.54 Å². The van der Waals surface area contributed by atoms with Crippen molar-refractivity contribution in [3.63, 3.8) is 0 Å². The molecule has 0 aliphatic rings. The van der Waals surface area contributed by atoms with Crippen LogP contribution >= 0.6 is 23.1 Å². The molecule has 2 N–H and O–H groups in total. The second-order valence-electron chi connectivity index (χ2n) is 5.10. The summed E-state index contributed by atoms with van der Waals surface area (Å²) in [6.07, 6.45) is 2.09. The number of aliphatic imine (C=N–C) groups is 1. The van der Waals surface area contributed by atoms with Crippen molar-refractivity contribution in [2.45, 2.75) is 6.54 Å². The fourth-order valence-corrected chi connectivity index (χ4v) is 3.46. The molecule has 0 radical (unpaired) electrons. The van der Waals surface area contributed by atoms with Crippen LogP contribution in [-0.4, -0.2) is 36.5 Å². The molecule has 3 rings (SSSR count). The van der Waals surface area contributed by atoms with E-state index in [0.717, 1.165) is 40.3 Å². The summed E-state index contributed by atoms with van der Waals surface area (Å²) >= 11 is 3.44. The average Bonchev–Trinajstić information content (AvgIpc) is 3.24. The van der Waals surface area contributed by atoms with Gasteiger partial charge in [0.15, 0.2) is 16.7 Å². The highest BCUT2D eigenvalue weighted by atomic mass is 32.2. The van der Waals surface area contributed by atoms with E-state index in [1.54, 1.807) is 30.1 Å². The van der Waals surface area contributed by atoms with Crippen LogP contribution in [0.3, 0.4) is 0 Å². The van der Waals surface area contributed by atoms with Gasteiger partial charge in [-0.1, -0.05) is 12.1 Å². The lowest BCUT2D eigenvalue weighted by atomic mass is 10.3. The average molecular weight is 361 g/mol. The van der Waals surface area contributed by atoms with Crippen LogP contribution in [0.2, 0.25) is 0 Å². The Labute approximate surface area is 149 Å². The van der Waals surface area contributed by atoms with Crippen molar-refractivity contribution in [1.82, 2.24) is 15.6 Å². The first-order valence-corrected chi connectivity index (χ1v) is 9.89. The molecule has 0 atom stereocenters. The highest BCUT2D eigenvalue weighted by Crippen LogP contribution is 2.30. The molecular formula is C17H20N4OS2. The number of nitrogens with zero attached hydrogens (tertiary/aromatic N) is 2. The first-order chi connectivity index (χ1) is 11.8. The molecule has 24 heavy (non-hydrogen) atoms. The second kappa shape index (κ2) is 8.21. The summed E-state index contributed by atoms with van der Waals surface area (Å²) in [5, 5.41) is 7.43. The van der Waals surface area contributed by atoms with E-state index in [1.165, 1.54) is 4.70 Å². The molecule has 126 valence electrons. The lowest BCUT2D eigenvalue weighted by molar-refractivity contribution is 0.513. The van der Waals surface area contributed by atoms with E-state index in [2.05, 4.69) is 32.9 Å². The minimum Gasteiger partial charge on any atom is -0.457 e. The molecule has 0 saturated heterocycles. The molecule has 0 bridgehead atoms. The van der Waals surface area contributed by atoms with Gasteiger partial charge < -0.3 is 15.1 Å². The van der Waals surface area contributed by atoms with Crippen molar-refractivity contribution < 1.29 is 4.42 Å². The van der Waals surface area contributed by atoms with E-state index in [0.29, 0.717) is 6.54 Å². The zero-order valence-corrected chi connectivity index (χ0v) is 15.3. The third kappa shape index (κ3) is 4.10. The second-order valence-corrected chi connectivity index (χ2v) is 7.11. The molecule has 0 aliphatic carbocycles. The van der Waals surface area contributed by atoms with Crippen LogP contribution in [0.1, 0.15) is 5.76 Å². The monoisotopic (exact) mass is 360 g/mol. The predicted octanol–water partition coefficient (Wildman–Crippen LogP) is 3.58. The van der Waals surface area contributed by atoms with E-state index in [4.69, 9.17) is 4.42 Å². The summed E-state index contributed by atoms with van der Waals surface area (Å²) in [4.78, 5) is 8.83. The minimum absolute atomic E-state index is 0.587. The maximum atomic E-state index is 5.92. The van der Waals surface area contributed by atoms with E-state index >= 15 is 0 Å². The molecule has 3 aromatic rings. The lowest BCUT2D eigenvalue weighted by Crippen LogP contribution is -2.37. The fraction of sp³-hybridized carbons (Fsp3) is 0.294. The maximum Gasteiger partial charge on any atom is 0.191 e. The topological polar surface area (TPSA) is 62.5 Å². The number of nitrogens with one attached hydrogen (secondary N) is 2. The molecule has 0 fully saturated rings. The standard InChI is InChI=1S/C17H20N4OS2/c1-18-17(19-9-10-23-2)20-11-12-7-8-14(22-12)16-21-13-5-3-4-6-15(13)24-16/h3-8H,9-11H2,1-2H3,(H2,18,19,20). The predicted molar refractivity (Wildman–Crippen MR) is 104 cm³/mol. The molecular weight excluding hydrogens is 340 g/mol. The molecule has 5 nitrogen and oxygen atoms in total. The Morgan fingerprint density at radius 2 is 2.12 bits per heavy atom. The third-order valence-electron chi connectivity index (χ3n) is 3.42. The molecule has 1 aromatic carbocycles. The van der Waals surface area contributed by atoms with Gasteiger partial charge in [0.2, 0.25) is 0 Å². The Morgan fingerprint density at radius 3 is 2.92 bits per heavy atom. The Morgan fingerprint density at radius 1 is 1.25 bits per heavy atom. The number of thiazole rings is 1. The summed E-state index contributed by atoms with van der Waals surface area (Å²) in [6.45, 7) is 1.47. The molecule has 0 unspecified atom stereocenters. The summed E-state index contributed by atoms with van der Waals surface area (Å²) in [5.41, 5.74) is 1.01. The van der Waals surface area contributed by atoms with Crippen molar-refractivity contribution in [3.05, 3.63) is 42.2 Å². The summed E-state index contributed by atoms with van der Waals surface area (Å²) in [7, 11) is 1.77. The van der Waals surface area contributed by atoms with Crippen molar-refractivity contribution in [1.29, 1.82) is 0 Å². The third-order valence-corrected chi connectivity index (χ3v) is 5.08. The van der Waals surface area contributed by atoms with Gasteiger partial charge in [0.1, 0.15) is 5.76 Å². The highest BCUT2D eigenvalue weighted by molar-refractivity contribution is 7.98. The van der Waals surface area contributed by atoms with E-state index in [9.17, 15) is 0 Å². The van der Waals surface area contributed by atoms with Crippen LogP contribution in [0.4, 0.5) is 0 Å². The number of thioether (sulfide) groups is 1. The van der Waals surface area contributed by atoms with Gasteiger partial charge in [-0.2, -0.15) is 11.8 Å². The van der Waals surface area contributed by atoms with Crippen LogP contribution in [0, 0.1) is 0 Å². The number of rotatable bonds is 6. The van der Waals surface area contributed by atoms with Gasteiger partial charge in [-0.3, -0.25) is 4.99 Å². The van der Waals surface area contributed by atoms with Crippen LogP contribution < -0.4 is 10.6 Å². The normalized spacial score (nSPS) is 11.8. The quantitative estimate of drug-likeness (QED) is 0.400. The first-order valence-electron chi connectivity index (χ1n) is 7.68. The van der Waals surface area contributed by atoms with Crippen LogP contribution in [0.25, 0.3) is 21.0 Å². The summed E-state index contributed by atoms with van der Waals surface area (Å²) < 4.78 is 7.09. The van der Waals surface area contributed by atoms with Crippen LogP contribution in [0.15, 0.2) is 45.8 Å².